The molecule has 5 aromatic rings. The summed E-state index contributed by atoms with van der Waals surface area (Å²) in [6, 6.07) is 16.2. The smallest absolute Gasteiger partial charge is 0.281 e. The number of nitrogens with zero attached hydrogens (tertiary/aromatic N) is 6. The van der Waals surface area contributed by atoms with Gasteiger partial charge in [0.15, 0.2) is 10.3 Å². The number of aromatic nitrogens is 7. The predicted octanol–water partition coefficient (Wildman–Crippen LogP) is 4.09. The average molecular weight is 444 g/mol. The van der Waals surface area contributed by atoms with E-state index < -0.39 is 0 Å². The SMILES string of the molecule is CCCCc1nc2scnc2c(=O)n1Cc1ccc(-c2ccccc2-c2nn[nH]n2)cc1. The first kappa shape index (κ1) is 20.2. The van der Waals surface area contributed by atoms with Crippen LogP contribution >= 0.6 is 11.3 Å². The molecule has 0 aliphatic heterocycles. The lowest BCUT2D eigenvalue weighted by Crippen LogP contribution is -2.26. The summed E-state index contributed by atoms with van der Waals surface area (Å²) in [5.41, 5.74) is 6.05. The Labute approximate surface area is 188 Å². The molecule has 2 aromatic carbocycles. The molecule has 9 heteroatoms. The van der Waals surface area contributed by atoms with E-state index in [1.807, 2.05) is 36.4 Å². The van der Waals surface area contributed by atoms with Gasteiger partial charge in [-0.05, 0) is 28.3 Å². The predicted molar refractivity (Wildman–Crippen MR) is 124 cm³/mol. The first-order valence-electron chi connectivity index (χ1n) is 10.5. The molecule has 8 nitrogen and oxygen atoms in total. The summed E-state index contributed by atoms with van der Waals surface area (Å²) < 4.78 is 1.76. The molecular formula is C23H21N7OS. The zero-order valence-corrected chi connectivity index (χ0v) is 18.3. The molecule has 0 bridgehead atoms. The van der Waals surface area contributed by atoms with Crippen LogP contribution in [0, 0.1) is 0 Å². The van der Waals surface area contributed by atoms with Crippen LogP contribution in [0.1, 0.15) is 31.2 Å². The Hall–Kier alpha value is -3.72. The van der Waals surface area contributed by atoms with E-state index >= 15 is 0 Å². The number of unbranched alkanes of at least 4 members (excludes halogenated alkanes) is 1. The minimum Gasteiger partial charge on any atom is -0.290 e. The molecule has 0 fully saturated rings. The van der Waals surface area contributed by atoms with Crippen LogP contribution in [0.2, 0.25) is 0 Å². The van der Waals surface area contributed by atoms with Gasteiger partial charge >= 0.3 is 0 Å². The van der Waals surface area contributed by atoms with Gasteiger partial charge in [-0.3, -0.25) is 9.36 Å². The topological polar surface area (TPSA) is 102 Å². The summed E-state index contributed by atoms with van der Waals surface area (Å²) in [5.74, 6) is 1.37. The van der Waals surface area contributed by atoms with Crippen LogP contribution in [0.3, 0.4) is 0 Å². The van der Waals surface area contributed by atoms with E-state index in [0.717, 1.165) is 47.3 Å². The normalized spacial score (nSPS) is 11.3. The highest BCUT2D eigenvalue weighted by Gasteiger charge is 2.14. The second-order valence-corrected chi connectivity index (χ2v) is 8.34. The molecule has 0 aliphatic carbocycles. The van der Waals surface area contributed by atoms with Crippen molar-refractivity contribution in [3.8, 4) is 22.5 Å². The third kappa shape index (κ3) is 3.82. The maximum atomic E-state index is 13.1. The summed E-state index contributed by atoms with van der Waals surface area (Å²) >= 11 is 1.41. The molecule has 0 saturated heterocycles. The minimum absolute atomic E-state index is 0.0751. The van der Waals surface area contributed by atoms with Crippen LogP contribution in [0.4, 0.5) is 0 Å². The van der Waals surface area contributed by atoms with Gasteiger partial charge in [0.05, 0.1) is 12.1 Å². The fraction of sp³-hybridized carbons (Fsp3) is 0.217. The number of thiazole rings is 1. The van der Waals surface area contributed by atoms with Gasteiger partial charge in [0, 0.05) is 12.0 Å². The Kier molecular flexibility index (Phi) is 5.55. The maximum Gasteiger partial charge on any atom is 0.281 e. The quantitative estimate of drug-likeness (QED) is 0.406. The Balaban J connectivity index is 1.48. The number of benzene rings is 2. The van der Waals surface area contributed by atoms with Crippen LogP contribution in [-0.2, 0) is 13.0 Å². The van der Waals surface area contributed by atoms with E-state index in [2.05, 4.69) is 44.7 Å². The number of aromatic amines is 1. The van der Waals surface area contributed by atoms with Gasteiger partial charge in [-0.15, -0.1) is 21.5 Å². The van der Waals surface area contributed by atoms with Crippen molar-refractivity contribution in [1.82, 2.24) is 35.2 Å². The van der Waals surface area contributed by atoms with Gasteiger partial charge in [0.2, 0.25) is 5.82 Å². The molecule has 0 saturated carbocycles. The maximum absolute atomic E-state index is 13.1. The second kappa shape index (κ2) is 8.80. The molecule has 0 amide bonds. The number of hydrogen-bond donors (Lipinski definition) is 1. The fourth-order valence-electron chi connectivity index (χ4n) is 3.76. The Bertz CT molecular complexity index is 1400. The molecule has 3 heterocycles. The zero-order chi connectivity index (χ0) is 21.9. The van der Waals surface area contributed by atoms with E-state index in [9.17, 15) is 4.79 Å². The van der Waals surface area contributed by atoms with Gasteiger partial charge in [-0.2, -0.15) is 5.21 Å². The van der Waals surface area contributed by atoms with Crippen LogP contribution in [0.5, 0.6) is 0 Å². The molecule has 0 radical (unpaired) electrons. The van der Waals surface area contributed by atoms with Crippen LogP contribution < -0.4 is 5.56 Å². The van der Waals surface area contributed by atoms with E-state index in [1.165, 1.54) is 11.3 Å². The molecule has 0 aliphatic rings. The molecule has 0 unspecified atom stereocenters. The summed E-state index contributed by atoms with van der Waals surface area (Å²) in [5, 5.41) is 14.4. The van der Waals surface area contributed by atoms with Gasteiger partial charge < -0.3 is 0 Å². The number of nitrogens with one attached hydrogen (secondary N) is 1. The number of hydrogen-bond acceptors (Lipinski definition) is 7. The third-order valence-electron chi connectivity index (χ3n) is 5.41. The minimum atomic E-state index is -0.0751. The van der Waals surface area contributed by atoms with E-state index in [1.54, 1.807) is 10.1 Å². The lowest BCUT2D eigenvalue weighted by atomic mass is 9.98. The third-order valence-corrected chi connectivity index (χ3v) is 6.13. The summed E-state index contributed by atoms with van der Waals surface area (Å²) in [7, 11) is 0. The molecule has 160 valence electrons. The van der Waals surface area contributed by atoms with Crippen molar-refractivity contribution in [3.05, 3.63) is 75.8 Å². The van der Waals surface area contributed by atoms with Crippen LogP contribution in [0.25, 0.3) is 32.9 Å². The zero-order valence-electron chi connectivity index (χ0n) is 17.5. The van der Waals surface area contributed by atoms with E-state index in [-0.39, 0.29) is 5.56 Å². The van der Waals surface area contributed by atoms with E-state index in [0.29, 0.717) is 22.7 Å². The molecule has 0 spiro atoms. The molecule has 0 atom stereocenters. The first-order valence-corrected chi connectivity index (χ1v) is 11.4. The summed E-state index contributed by atoms with van der Waals surface area (Å²) in [6.45, 7) is 2.60. The molecule has 3 aromatic heterocycles. The monoisotopic (exact) mass is 443 g/mol. The number of rotatable bonds is 7. The molecule has 5 rings (SSSR count). The summed E-state index contributed by atoms with van der Waals surface area (Å²) in [6.07, 6.45) is 2.81. The largest absolute Gasteiger partial charge is 0.290 e. The van der Waals surface area contributed by atoms with Crippen molar-refractivity contribution >= 4 is 21.7 Å². The number of tetrazole rings is 1. The first-order chi connectivity index (χ1) is 15.7. The van der Waals surface area contributed by atoms with Gasteiger partial charge in [0.25, 0.3) is 5.56 Å². The standard InChI is InChI=1S/C23H21N7OS/c1-2-3-8-19-25-22-20(24-14-32-22)23(31)30(19)13-15-9-11-16(12-10-15)17-6-4-5-7-18(17)21-26-28-29-27-21/h4-7,9-12,14H,2-3,8,13H2,1H3,(H,26,27,28,29). The number of aryl methyl sites for hydroxylation is 1. The van der Waals surface area contributed by atoms with Crippen LogP contribution in [-0.4, -0.2) is 35.2 Å². The van der Waals surface area contributed by atoms with Crippen molar-refractivity contribution in [2.75, 3.05) is 0 Å². The van der Waals surface area contributed by atoms with Crippen molar-refractivity contribution < 1.29 is 0 Å². The van der Waals surface area contributed by atoms with Crippen molar-refractivity contribution in [2.24, 2.45) is 0 Å². The Morgan fingerprint density at radius 2 is 1.88 bits per heavy atom. The van der Waals surface area contributed by atoms with E-state index in [4.69, 9.17) is 4.98 Å². The lowest BCUT2D eigenvalue weighted by molar-refractivity contribution is 0.646. The Morgan fingerprint density at radius 3 is 2.62 bits per heavy atom. The number of H-pyrrole nitrogens is 1. The van der Waals surface area contributed by atoms with Gasteiger partial charge in [-0.1, -0.05) is 61.9 Å². The number of fused-ring (bicyclic) bond motifs is 1. The highest BCUT2D eigenvalue weighted by atomic mass is 32.1. The second-order valence-electron chi connectivity index (χ2n) is 7.51. The lowest BCUT2D eigenvalue weighted by Gasteiger charge is -2.13. The summed E-state index contributed by atoms with van der Waals surface area (Å²) in [4.78, 5) is 22.8. The van der Waals surface area contributed by atoms with Crippen LogP contribution in [0.15, 0.2) is 58.8 Å². The van der Waals surface area contributed by atoms with Crippen molar-refractivity contribution in [2.45, 2.75) is 32.7 Å². The Morgan fingerprint density at radius 1 is 1.06 bits per heavy atom. The van der Waals surface area contributed by atoms with Crippen molar-refractivity contribution in [1.29, 1.82) is 0 Å². The fourth-order valence-corrected chi connectivity index (χ4v) is 4.42. The highest BCUT2D eigenvalue weighted by Crippen LogP contribution is 2.29. The van der Waals surface area contributed by atoms with Gasteiger partial charge in [0.1, 0.15) is 5.82 Å². The highest BCUT2D eigenvalue weighted by molar-refractivity contribution is 7.16. The molecule has 1 N–H and O–H groups in total. The van der Waals surface area contributed by atoms with Crippen molar-refractivity contribution in [3.63, 3.8) is 0 Å². The molecular weight excluding hydrogens is 422 g/mol. The molecule has 32 heavy (non-hydrogen) atoms. The van der Waals surface area contributed by atoms with Gasteiger partial charge in [-0.25, -0.2) is 9.97 Å². The average Bonchev–Trinajstić information content (AvgIpc) is 3.53.